The molecule has 0 radical (unpaired) electrons. The summed E-state index contributed by atoms with van der Waals surface area (Å²) >= 11 is 2.74. The molecule has 0 saturated heterocycles. The van der Waals surface area contributed by atoms with Gasteiger partial charge >= 0.3 is 0 Å². The molecule has 1 amide bonds. The smallest absolute Gasteiger partial charge is 0.233 e. The average molecular weight is 364 g/mol. The number of para-hydroxylation sites is 1. The molecule has 0 atom stereocenters. The number of rotatable bonds is 5. The van der Waals surface area contributed by atoms with E-state index >= 15 is 0 Å². The van der Waals surface area contributed by atoms with Crippen molar-refractivity contribution in [3.8, 4) is 0 Å². The van der Waals surface area contributed by atoms with Gasteiger partial charge in [-0.25, -0.2) is 13.8 Å². The fraction of sp³-hybridized carbons (Fsp3) is 0.176. The van der Waals surface area contributed by atoms with Gasteiger partial charge in [0.1, 0.15) is 5.01 Å². The van der Waals surface area contributed by atoms with E-state index in [0.717, 1.165) is 27.4 Å². The molecule has 0 N–H and O–H groups in total. The molecule has 0 aliphatic heterocycles. The number of nitrogens with zero attached hydrogens (tertiary/aromatic N) is 2. The Morgan fingerprint density at radius 3 is 2.75 bits per heavy atom. The first-order valence-corrected chi connectivity index (χ1v) is 8.99. The number of fused-ring (bicyclic) bond motifs is 1. The van der Waals surface area contributed by atoms with Gasteiger partial charge in [-0.05, 0) is 30.3 Å². The second kappa shape index (κ2) is 7.27. The summed E-state index contributed by atoms with van der Waals surface area (Å²) in [5, 5.41) is 0.866. The van der Waals surface area contributed by atoms with Crippen molar-refractivity contribution < 1.29 is 13.6 Å². The van der Waals surface area contributed by atoms with Crippen LogP contribution in [-0.2, 0) is 11.3 Å². The molecule has 0 bridgehead atoms. The molecule has 7 heteroatoms. The van der Waals surface area contributed by atoms with E-state index in [1.165, 1.54) is 17.8 Å². The Balaban J connectivity index is 1.58. The summed E-state index contributed by atoms with van der Waals surface area (Å²) in [4.78, 5) is 18.8. The fourth-order valence-electron chi connectivity index (χ4n) is 2.10. The second-order valence-electron chi connectivity index (χ2n) is 5.19. The van der Waals surface area contributed by atoms with E-state index in [9.17, 15) is 13.6 Å². The van der Waals surface area contributed by atoms with Gasteiger partial charge in [0, 0.05) is 11.9 Å². The Hall–Kier alpha value is -1.99. The van der Waals surface area contributed by atoms with Gasteiger partial charge in [0.25, 0.3) is 0 Å². The monoisotopic (exact) mass is 364 g/mol. The van der Waals surface area contributed by atoms with Crippen molar-refractivity contribution in [2.45, 2.75) is 11.4 Å². The molecule has 3 aromatic rings. The van der Waals surface area contributed by atoms with Gasteiger partial charge in [-0.1, -0.05) is 12.1 Å². The van der Waals surface area contributed by atoms with Crippen molar-refractivity contribution in [3.63, 3.8) is 0 Å². The minimum atomic E-state index is -0.907. The molecular formula is C17H14F2N2OS2. The maximum absolute atomic E-state index is 13.2. The highest BCUT2D eigenvalue weighted by atomic mass is 32.2. The summed E-state index contributed by atoms with van der Waals surface area (Å²) in [5.74, 6) is -1.73. The number of halogens is 2. The summed E-state index contributed by atoms with van der Waals surface area (Å²) in [7, 11) is 1.71. The molecule has 24 heavy (non-hydrogen) atoms. The van der Waals surface area contributed by atoms with Crippen LogP contribution in [0.25, 0.3) is 10.2 Å². The van der Waals surface area contributed by atoms with Crippen LogP contribution in [0, 0.1) is 11.6 Å². The lowest BCUT2D eigenvalue weighted by atomic mass is 10.3. The minimum Gasteiger partial charge on any atom is -0.338 e. The zero-order chi connectivity index (χ0) is 17.1. The third-order valence-corrected chi connectivity index (χ3v) is 5.39. The van der Waals surface area contributed by atoms with Gasteiger partial charge in [0.05, 0.1) is 22.5 Å². The zero-order valence-electron chi connectivity index (χ0n) is 12.8. The zero-order valence-corrected chi connectivity index (χ0v) is 14.5. The first kappa shape index (κ1) is 16.9. The lowest BCUT2D eigenvalue weighted by Crippen LogP contribution is -2.27. The van der Waals surface area contributed by atoms with Crippen LogP contribution in [0.1, 0.15) is 5.01 Å². The van der Waals surface area contributed by atoms with Crippen LogP contribution in [0.4, 0.5) is 8.78 Å². The third kappa shape index (κ3) is 3.91. The van der Waals surface area contributed by atoms with E-state index in [2.05, 4.69) is 4.98 Å². The summed E-state index contributed by atoms with van der Waals surface area (Å²) in [6, 6.07) is 11.4. The molecule has 1 heterocycles. The standard InChI is InChI=1S/C17H14F2N2OS2/c1-21(9-16-20-14-4-2-3-5-15(14)24-16)17(22)10-23-11-6-7-12(18)13(19)8-11/h2-8H,9-10H2,1H3. The van der Waals surface area contributed by atoms with Crippen LogP contribution in [0.3, 0.4) is 0 Å². The molecular weight excluding hydrogens is 350 g/mol. The van der Waals surface area contributed by atoms with Crippen molar-refractivity contribution >= 4 is 39.2 Å². The SMILES string of the molecule is CN(Cc1nc2ccccc2s1)C(=O)CSc1ccc(F)c(F)c1. The summed E-state index contributed by atoms with van der Waals surface area (Å²) < 4.78 is 27.1. The Kier molecular flexibility index (Phi) is 5.11. The number of hydrogen-bond donors (Lipinski definition) is 0. The fourth-order valence-corrected chi connectivity index (χ4v) is 3.98. The summed E-state index contributed by atoms with van der Waals surface area (Å²) in [6.45, 7) is 0.427. The molecule has 0 aliphatic carbocycles. The Labute approximate surface area is 146 Å². The normalized spacial score (nSPS) is 11.0. The molecule has 2 aromatic carbocycles. The summed E-state index contributed by atoms with van der Waals surface area (Å²) in [5.41, 5.74) is 0.925. The van der Waals surface area contributed by atoms with Gasteiger partial charge in [-0.2, -0.15) is 0 Å². The first-order chi connectivity index (χ1) is 11.5. The number of hydrogen-bond acceptors (Lipinski definition) is 4. The predicted octanol–water partition coefficient (Wildman–Crippen LogP) is 4.33. The van der Waals surface area contributed by atoms with E-state index in [0.29, 0.717) is 11.4 Å². The van der Waals surface area contributed by atoms with Crippen LogP contribution in [0.2, 0.25) is 0 Å². The molecule has 0 unspecified atom stereocenters. The van der Waals surface area contributed by atoms with Crippen LogP contribution in [0.5, 0.6) is 0 Å². The molecule has 0 aliphatic rings. The van der Waals surface area contributed by atoms with Crippen LogP contribution in [0.15, 0.2) is 47.4 Å². The lowest BCUT2D eigenvalue weighted by molar-refractivity contribution is -0.127. The number of thioether (sulfide) groups is 1. The molecule has 0 fully saturated rings. The van der Waals surface area contributed by atoms with Gasteiger partial charge < -0.3 is 4.90 Å². The number of amides is 1. The molecule has 124 valence electrons. The highest BCUT2D eigenvalue weighted by molar-refractivity contribution is 8.00. The molecule has 3 nitrogen and oxygen atoms in total. The third-order valence-electron chi connectivity index (χ3n) is 3.39. The van der Waals surface area contributed by atoms with Gasteiger partial charge in [-0.3, -0.25) is 4.79 Å². The molecule has 3 rings (SSSR count). The van der Waals surface area contributed by atoms with E-state index in [4.69, 9.17) is 0 Å². The van der Waals surface area contributed by atoms with Crippen LogP contribution in [-0.4, -0.2) is 28.6 Å². The van der Waals surface area contributed by atoms with E-state index in [-0.39, 0.29) is 11.7 Å². The summed E-state index contributed by atoms with van der Waals surface area (Å²) in [6.07, 6.45) is 0. The van der Waals surface area contributed by atoms with Crippen molar-refractivity contribution in [1.82, 2.24) is 9.88 Å². The van der Waals surface area contributed by atoms with Crippen molar-refractivity contribution in [2.75, 3.05) is 12.8 Å². The number of aromatic nitrogens is 1. The van der Waals surface area contributed by atoms with Crippen LogP contribution >= 0.6 is 23.1 Å². The van der Waals surface area contributed by atoms with Crippen molar-refractivity contribution in [2.24, 2.45) is 0 Å². The number of carbonyl (C=O) groups is 1. The Morgan fingerprint density at radius 2 is 2.00 bits per heavy atom. The van der Waals surface area contributed by atoms with E-state index in [1.807, 2.05) is 24.3 Å². The van der Waals surface area contributed by atoms with Gasteiger partial charge in [0.2, 0.25) is 5.91 Å². The topological polar surface area (TPSA) is 33.2 Å². The highest BCUT2D eigenvalue weighted by Gasteiger charge is 2.13. The van der Waals surface area contributed by atoms with Gasteiger partial charge in [0.15, 0.2) is 11.6 Å². The minimum absolute atomic E-state index is 0.0935. The largest absolute Gasteiger partial charge is 0.338 e. The van der Waals surface area contributed by atoms with Crippen molar-refractivity contribution in [3.05, 3.63) is 59.1 Å². The number of carbonyl (C=O) groups excluding carboxylic acids is 1. The Bertz CT molecular complexity index is 849. The Morgan fingerprint density at radius 1 is 1.21 bits per heavy atom. The predicted molar refractivity (Wildman–Crippen MR) is 93.2 cm³/mol. The maximum atomic E-state index is 13.2. The lowest BCUT2D eigenvalue weighted by Gasteiger charge is -2.15. The maximum Gasteiger partial charge on any atom is 0.233 e. The van der Waals surface area contributed by atoms with E-state index < -0.39 is 11.6 Å². The molecule has 0 saturated carbocycles. The van der Waals surface area contributed by atoms with E-state index in [1.54, 1.807) is 23.3 Å². The average Bonchev–Trinajstić information content (AvgIpc) is 2.97. The number of benzene rings is 2. The van der Waals surface area contributed by atoms with Crippen molar-refractivity contribution in [1.29, 1.82) is 0 Å². The van der Waals surface area contributed by atoms with Crippen LogP contribution < -0.4 is 0 Å². The molecule has 0 spiro atoms. The second-order valence-corrected chi connectivity index (χ2v) is 7.35. The quantitative estimate of drug-likeness (QED) is 0.632. The van der Waals surface area contributed by atoms with Gasteiger partial charge in [-0.15, -0.1) is 23.1 Å². The highest BCUT2D eigenvalue weighted by Crippen LogP contribution is 2.23. The first-order valence-electron chi connectivity index (χ1n) is 7.19. The molecule has 1 aromatic heterocycles. The number of thiazole rings is 1.